The van der Waals surface area contributed by atoms with Crippen molar-refractivity contribution in [1.29, 1.82) is 0 Å². The van der Waals surface area contributed by atoms with Gasteiger partial charge in [0.25, 0.3) is 0 Å². The Kier molecular flexibility index (Phi) is 5.31. The van der Waals surface area contributed by atoms with E-state index < -0.39 is 0 Å². The van der Waals surface area contributed by atoms with Gasteiger partial charge < -0.3 is 10.6 Å². The summed E-state index contributed by atoms with van der Waals surface area (Å²) in [5.41, 5.74) is 6.95. The van der Waals surface area contributed by atoms with Crippen molar-refractivity contribution < 1.29 is 4.79 Å². The van der Waals surface area contributed by atoms with Gasteiger partial charge in [0.05, 0.1) is 12.1 Å². The summed E-state index contributed by atoms with van der Waals surface area (Å²) in [5, 5.41) is 2.95. The molecule has 0 spiro atoms. The van der Waals surface area contributed by atoms with E-state index in [0.717, 1.165) is 49.3 Å². The fourth-order valence-electron chi connectivity index (χ4n) is 3.42. The molecule has 0 unspecified atom stereocenters. The van der Waals surface area contributed by atoms with Gasteiger partial charge in [0, 0.05) is 42.9 Å². The summed E-state index contributed by atoms with van der Waals surface area (Å²) in [6, 6.07) is 11.9. The SMILES string of the molecule is Nc1nc(CN2CCN(C(=O)CCc3cccs3)CC2)nc2ccccc12. The van der Waals surface area contributed by atoms with Crippen LogP contribution in [0.4, 0.5) is 5.82 Å². The van der Waals surface area contributed by atoms with E-state index in [4.69, 9.17) is 5.73 Å². The Morgan fingerprint density at radius 1 is 1.07 bits per heavy atom. The van der Waals surface area contributed by atoms with Crippen molar-refractivity contribution in [1.82, 2.24) is 19.8 Å². The minimum Gasteiger partial charge on any atom is -0.383 e. The van der Waals surface area contributed by atoms with Gasteiger partial charge in [-0.25, -0.2) is 9.97 Å². The van der Waals surface area contributed by atoms with Crippen LogP contribution in [0.3, 0.4) is 0 Å². The van der Waals surface area contributed by atoms with Crippen LogP contribution in [0.25, 0.3) is 10.9 Å². The van der Waals surface area contributed by atoms with Crippen LogP contribution in [0.2, 0.25) is 0 Å². The first-order valence-electron chi connectivity index (χ1n) is 9.23. The number of benzene rings is 1. The minimum absolute atomic E-state index is 0.245. The highest BCUT2D eigenvalue weighted by atomic mass is 32.1. The van der Waals surface area contributed by atoms with E-state index in [1.54, 1.807) is 11.3 Å². The van der Waals surface area contributed by atoms with Gasteiger partial charge in [-0.3, -0.25) is 9.69 Å². The van der Waals surface area contributed by atoms with Gasteiger partial charge >= 0.3 is 0 Å². The summed E-state index contributed by atoms with van der Waals surface area (Å²) in [5.74, 6) is 1.51. The predicted octanol–water partition coefficient (Wildman–Crippen LogP) is 2.55. The molecule has 7 heteroatoms. The summed E-state index contributed by atoms with van der Waals surface area (Å²) in [4.78, 5) is 27.0. The molecule has 27 heavy (non-hydrogen) atoms. The van der Waals surface area contributed by atoms with E-state index in [-0.39, 0.29) is 5.91 Å². The number of rotatable bonds is 5. The Bertz CT molecular complexity index is 919. The molecule has 0 radical (unpaired) electrons. The summed E-state index contributed by atoms with van der Waals surface area (Å²) < 4.78 is 0. The Hall–Kier alpha value is -2.51. The van der Waals surface area contributed by atoms with Gasteiger partial charge in [-0.05, 0) is 30.0 Å². The second kappa shape index (κ2) is 8.02. The van der Waals surface area contributed by atoms with Crippen molar-refractivity contribution >= 4 is 34.0 Å². The number of hydrogen-bond acceptors (Lipinski definition) is 6. The molecular weight excluding hydrogens is 358 g/mol. The number of carbonyl (C=O) groups is 1. The van der Waals surface area contributed by atoms with Crippen molar-refractivity contribution in [3.8, 4) is 0 Å². The van der Waals surface area contributed by atoms with Gasteiger partial charge in [-0.1, -0.05) is 18.2 Å². The lowest BCUT2D eigenvalue weighted by molar-refractivity contribution is -0.132. The van der Waals surface area contributed by atoms with E-state index in [1.165, 1.54) is 4.88 Å². The first-order chi connectivity index (χ1) is 13.2. The van der Waals surface area contributed by atoms with Crippen LogP contribution >= 0.6 is 11.3 Å². The third kappa shape index (κ3) is 4.26. The van der Waals surface area contributed by atoms with Crippen LogP contribution in [0.5, 0.6) is 0 Å². The second-order valence-corrected chi connectivity index (χ2v) is 7.81. The number of nitrogens with two attached hydrogens (primary N) is 1. The first kappa shape index (κ1) is 17.9. The highest BCUT2D eigenvalue weighted by Crippen LogP contribution is 2.18. The van der Waals surface area contributed by atoms with E-state index in [0.29, 0.717) is 18.8 Å². The Morgan fingerprint density at radius 3 is 2.67 bits per heavy atom. The van der Waals surface area contributed by atoms with Gasteiger partial charge in [-0.15, -0.1) is 11.3 Å². The molecule has 2 N–H and O–H groups in total. The number of amides is 1. The summed E-state index contributed by atoms with van der Waals surface area (Å²) in [6.45, 7) is 3.84. The Morgan fingerprint density at radius 2 is 1.89 bits per heavy atom. The van der Waals surface area contributed by atoms with Crippen molar-refractivity contribution in [3.63, 3.8) is 0 Å². The predicted molar refractivity (Wildman–Crippen MR) is 108 cm³/mol. The average molecular weight is 382 g/mol. The van der Waals surface area contributed by atoms with Crippen LogP contribution in [0.1, 0.15) is 17.1 Å². The Labute approximate surface area is 162 Å². The fraction of sp³-hybridized carbons (Fsp3) is 0.350. The number of fused-ring (bicyclic) bond motifs is 1. The standard InChI is InChI=1S/C20H23N5OS/c21-20-16-5-1-2-6-17(16)22-18(23-20)14-24-9-11-25(12-10-24)19(26)8-7-15-4-3-13-27-15/h1-6,13H,7-12,14H2,(H2,21,22,23). The molecule has 0 aliphatic carbocycles. The van der Waals surface area contributed by atoms with Gasteiger partial charge in [0.1, 0.15) is 11.6 Å². The molecule has 4 rings (SSSR count). The lowest BCUT2D eigenvalue weighted by atomic mass is 10.2. The number of para-hydroxylation sites is 1. The number of aryl methyl sites for hydroxylation is 1. The largest absolute Gasteiger partial charge is 0.383 e. The molecular formula is C20H23N5OS. The van der Waals surface area contributed by atoms with Crippen molar-refractivity contribution in [3.05, 3.63) is 52.5 Å². The molecule has 1 aliphatic rings. The smallest absolute Gasteiger partial charge is 0.223 e. The van der Waals surface area contributed by atoms with Crippen molar-refractivity contribution in [2.24, 2.45) is 0 Å². The molecule has 3 aromatic rings. The third-order valence-electron chi connectivity index (χ3n) is 4.93. The van der Waals surface area contributed by atoms with E-state index >= 15 is 0 Å². The molecule has 1 amide bonds. The van der Waals surface area contributed by atoms with E-state index in [2.05, 4.69) is 26.3 Å². The monoisotopic (exact) mass is 381 g/mol. The molecule has 0 saturated carbocycles. The molecule has 1 aliphatic heterocycles. The highest BCUT2D eigenvalue weighted by molar-refractivity contribution is 7.09. The molecule has 2 aromatic heterocycles. The molecule has 3 heterocycles. The van der Waals surface area contributed by atoms with Crippen LogP contribution < -0.4 is 5.73 Å². The minimum atomic E-state index is 0.245. The Balaban J connectivity index is 1.31. The zero-order chi connectivity index (χ0) is 18.6. The van der Waals surface area contributed by atoms with E-state index in [1.807, 2.05) is 35.2 Å². The number of nitrogen functional groups attached to an aromatic ring is 1. The molecule has 0 atom stereocenters. The number of anilines is 1. The molecule has 1 aromatic carbocycles. The zero-order valence-electron chi connectivity index (χ0n) is 15.2. The number of hydrogen-bond donors (Lipinski definition) is 1. The average Bonchev–Trinajstić information content (AvgIpc) is 3.20. The molecule has 1 saturated heterocycles. The molecule has 0 bridgehead atoms. The highest BCUT2D eigenvalue weighted by Gasteiger charge is 2.21. The number of piperazine rings is 1. The zero-order valence-corrected chi connectivity index (χ0v) is 16.0. The topological polar surface area (TPSA) is 75.3 Å². The number of nitrogens with zero attached hydrogens (tertiary/aromatic N) is 4. The number of carbonyl (C=O) groups excluding carboxylic acids is 1. The van der Waals surface area contributed by atoms with Gasteiger partial charge in [0.2, 0.25) is 5.91 Å². The number of aromatic nitrogens is 2. The fourth-order valence-corrected chi connectivity index (χ4v) is 4.13. The molecule has 6 nitrogen and oxygen atoms in total. The number of thiophene rings is 1. The van der Waals surface area contributed by atoms with Crippen LogP contribution in [0, 0.1) is 0 Å². The maximum Gasteiger partial charge on any atom is 0.223 e. The van der Waals surface area contributed by atoms with Crippen molar-refractivity contribution in [2.75, 3.05) is 31.9 Å². The maximum absolute atomic E-state index is 12.4. The third-order valence-corrected chi connectivity index (χ3v) is 5.87. The lowest BCUT2D eigenvalue weighted by Gasteiger charge is -2.34. The second-order valence-electron chi connectivity index (χ2n) is 6.78. The maximum atomic E-state index is 12.4. The quantitative estimate of drug-likeness (QED) is 0.735. The van der Waals surface area contributed by atoms with Crippen LogP contribution in [0.15, 0.2) is 41.8 Å². The molecule has 1 fully saturated rings. The van der Waals surface area contributed by atoms with Crippen LogP contribution in [-0.4, -0.2) is 51.9 Å². The van der Waals surface area contributed by atoms with Gasteiger partial charge in [-0.2, -0.15) is 0 Å². The molecule has 140 valence electrons. The summed E-state index contributed by atoms with van der Waals surface area (Å²) >= 11 is 1.71. The first-order valence-corrected chi connectivity index (χ1v) is 10.1. The lowest BCUT2D eigenvalue weighted by Crippen LogP contribution is -2.48. The van der Waals surface area contributed by atoms with Crippen molar-refractivity contribution in [2.45, 2.75) is 19.4 Å². The summed E-state index contributed by atoms with van der Waals surface area (Å²) in [6.07, 6.45) is 1.42. The van der Waals surface area contributed by atoms with Crippen LogP contribution in [-0.2, 0) is 17.8 Å². The van der Waals surface area contributed by atoms with E-state index in [9.17, 15) is 4.79 Å². The van der Waals surface area contributed by atoms with Gasteiger partial charge in [0.15, 0.2) is 0 Å². The summed E-state index contributed by atoms with van der Waals surface area (Å²) in [7, 11) is 0. The normalized spacial score (nSPS) is 15.3.